The van der Waals surface area contributed by atoms with Crippen LogP contribution in [0.2, 0.25) is 0 Å². The van der Waals surface area contributed by atoms with E-state index in [0.29, 0.717) is 6.61 Å². The molecule has 1 aromatic carbocycles. The standard InChI is InChI=1S/C16H26N2O2/c1-5-18(6-2)16(19)13(3)17-15(12-20-4)14-10-8-7-9-11-14/h7-11,13,15,17H,5-6,12H2,1-4H3. The number of carbonyl (C=O) groups is 1. The average molecular weight is 278 g/mol. The summed E-state index contributed by atoms with van der Waals surface area (Å²) in [7, 11) is 1.68. The van der Waals surface area contributed by atoms with Gasteiger partial charge in [-0.2, -0.15) is 0 Å². The van der Waals surface area contributed by atoms with Gasteiger partial charge in [0.2, 0.25) is 5.91 Å². The summed E-state index contributed by atoms with van der Waals surface area (Å²) in [6.45, 7) is 7.92. The highest BCUT2D eigenvalue weighted by Gasteiger charge is 2.22. The Kier molecular flexibility index (Phi) is 7.26. The van der Waals surface area contributed by atoms with Crippen LogP contribution in [-0.2, 0) is 9.53 Å². The summed E-state index contributed by atoms with van der Waals surface area (Å²) in [6.07, 6.45) is 0. The van der Waals surface area contributed by atoms with Crippen LogP contribution in [0.15, 0.2) is 30.3 Å². The van der Waals surface area contributed by atoms with Gasteiger partial charge in [0.05, 0.1) is 18.7 Å². The first-order valence-electron chi connectivity index (χ1n) is 7.22. The van der Waals surface area contributed by atoms with Gasteiger partial charge < -0.3 is 9.64 Å². The van der Waals surface area contributed by atoms with Crippen LogP contribution in [0, 0.1) is 0 Å². The summed E-state index contributed by atoms with van der Waals surface area (Å²) in [5, 5.41) is 3.37. The van der Waals surface area contributed by atoms with Crippen molar-refractivity contribution in [3.8, 4) is 0 Å². The zero-order chi connectivity index (χ0) is 15.0. The van der Waals surface area contributed by atoms with E-state index in [9.17, 15) is 4.79 Å². The maximum Gasteiger partial charge on any atom is 0.239 e. The quantitative estimate of drug-likeness (QED) is 0.793. The van der Waals surface area contributed by atoms with Gasteiger partial charge in [0.1, 0.15) is 0 Å². The normalized spacial score (nSPS) is 13.8. The van der Waals surface area contributed by atoms with Crippen LogP contribution in [0.5, 0.6) is 0 Å². The molecule has 0 heterocycles. The predicted molar refractivity (Wildman–Crippen MR) is 81.6 cm³/mol. The molecule has 0 bridgehead atoms. The molecular weight excluding hydrogens is 252 g/mol. The molecule has 0 aliphatic heterocycles. The van der Waals surface area contributed by atoms with Gasteiger partial charge in [0.15, 0.2) is 0 Å². The molecule has 112 valence electrons. The van der Waals surface area contributed by atoms with Crippen molar-refractivity contribution in [2.75, 3.05) is 26.8 Å². The zero-order valence-electron chi connectivity index (χ0n) is 12.9. The Balaban J connectivity index is 2.73. The highest BCUT2D eigenvalue weighted by molar-refractivity contribution is 5.81. The van der Waals surface area contributed by atoms with E-state index in [-0.39, 0.29) is 18.0 Å². The summed E-state index contributed by atoms with van der Waals surface area (Å²) in [4.78, 5) is 14.1. The minimum absolute atomic E-state index is 0.0238. The van der Waals surface area contributed by atoms with Gasteiger partial charge in [-0.3, -0.25) is 10.1 Å². The Morgan fingerprint density at radius 1 is 1.25 bits per heavy atom. The number of methoxy groups -OCH3 is 1. The molecule has 20 heavy (non-hydrogen) atoms. The summed E-state index contributed by atoms with van der Waals surface area (Å²) in [5.41, 5.74) is 1.13. The van der Waals surface area contributed by atoms with E-state index in [1.807, 2.05) is 56.0 Å². The number of rotatable bonds is 8. The molecule has 0 spiro atoms. The Morgan fingerprint density at radius 2 is 1.85 bits per heavy atom. The molecule has 0 saturated carbocycles. The van der Waals surface area contributed by atoms with Crippen molar-refractivity contribution in [3.05, 3.63) is 35.9 Å². The minimum atomic E-state index is -0.227. The van der Waals surface area contributed by atoms with Gasteiger partial charge >= 0.3 is 0 Å². The van der Waals surface area contributed by atoms with E-state index in [0.717, 1.165) is 18.7 Å². The number of hydrogen-bond acceptors (Lipinski definition) is 3. The Labute approximate surface area is 122 Å². The molecular formula is C16H26N2O2. The van der Waals surface area contributed by atoms with Crippen molar-refractivity contribution in [3.63, 3.8) is 0 Å². The number of ether oxygens (including phenoxy) is 1. The second-order valence-corrected chi connectivity index (χ2v) is 4.82. The van der Waals surface area contributed by atoms with Crippen LogP contribution in [0.1, 0.15) is 32.4 Å². The lowest BCUT2D eigenvalue weighted by Gasteiger charge is -2.27. The van der Waals surface area contributed by atoms with E-state index < -0.39 is 0 Å². The van der Waals surface area contributed by atoms with Crippen molar-refractivity contribution in [1.82, 2.24) is 10.2 Å². The van der Waals surface area contributed by atoms with Gasteiger partial charge in [-0.25, -0.2) is 0 Å². The molecule has 2 atom stereocenters. The van der Waals surface area contributed by atoms with Crippen LogP contribution in [-0.4, -0.2) is 43.7 Å². The van der Waals surface area contributed by atoms with Crippen molar-refractivity contribution >= 4 is 5.91 Å². The van der Waals surface area contributed by atoms with Crippen molar-refractivity contribution in [2.24, 2.45) is 0 Å². The fourth-order valence-electron chi connectivity index (χ4n) is 2.27. The molecule has 0 radical (unpaired) electrons. The van der Waals surface area contributed by atoms with Gasteiger partial charge in [0.25, 0.3) is 0 Å². The topological polar surface area (TPSA) is 41.6 Å². The molecule has 0 aliphatic carbocycles. The molecule has 0 aliphatic rings. The lowest BCUT2D eigenvalue weighted by Crippen LogP contribution is -2.46. The first-order valence-corrected chi connectivity index (χ1v) is 7.22. The second kappa shape index (κ2) is 8.72. The molecule has 1 aromatic rings. The largest absolute Gasteiger partial charge is 0.383 e. The van der Waals surface area contributed by atoms with Crippen LogP contribution in [0.3, 0.4) is 0 Å². The molecule has 2 unspecified atom stereocenters. The SMILES string of the molecule is CCN(CC)C(=O)C(C)NC(COC)c1ccccc1. The molecule has 0 saturated heterocycles. The van der Waals surface area contributed by atoms with Crippen molar-refractivity contribution in [1.29, 1.82) is 0 Å². The number of nitrogens with zero attached hydrogens (tertiary/aromatic N) is 1. The number of hydrogen-bond donors (Lipinski definition) is 1. The van der Waals surface area contributed by atoms with Gasteiger partial charge in [0, 0.05) is 20.2 Å². The fraction of sp³-hybridized carbons (Fsp3) is 0.562. The summed E-state index contributed by atoms with van der Waals surface area (Å²) < 4.78 is 5.26. The van der Waals surface area contributed by atoms with E-state index in [1.165, 1.54) is 0 Å². The first kappa shape index (κ1) is 16.7. The maximum atomic E-state index is 12.3. The number of carbonyl (C=O) groups excluding carboxylic acids is 1. The molecule has 1 rings (SSSR count). The molecule has 1 amide bonds. The van der Waals surface area contributed by atoms with Crippen LogP contribution < -0.4 is 5.32 Å². The number of amides is 1. The fourth-order valence-corrected chi connectivity index (χ4v) is 2.27. The van der Waals surface area contributed by atoms with E-state index >= 15 is 0 Å². The van der Waals surface area contributed by atoms with E-state index in [4.69, 9.17) is 4.74 Å². The van der Waals surface area contributed by atoms with Crippen LogP contribution in [0.25, 0.3) is 0 Å². The smallest absolute Gasteiger partial charge is 0.239 e. The second-order valence-electron chi connectivity index (χ2n) is 4.82. The third-order valence-electron chi connectivity index (χ3n) is 3.43. The highest BCUT2D eigenvalue weighted by Crippen LogP contribution is 2.14. The van der Waals surface area contributed by atoms with Crippen LogP contribution >= 0.6 is 0 Å². The molecule has 1 N–H and O–H groups in total. The van der Waals surface area contributed by atoms with Gasteiger partial charge in [-0.05, 0) is 26.3 Å². The van der Waals surface area contributed by atoms with E-state index in [2.05, 4.69) is 5.32 Å². The van der Waals surface area contributed by atoms with Gasteiger partial charge in [-0.1, -0.05) is 30.3 Å². The zero-order valence-corrected chi connectivity index (χ0v) is 12.9. The first-order chi connectivity index (χ1) is 9.63. The predicted octanol–water partition coefficient (Wildman–Crippen LogP) is 2.22. The maximum absolute atomic E-state index is 12.3. The summed E-state index contributed by atoms with van der Waals surface area (Å²) in [6, 6.07) is 9.87. The van der Waals surface area contributed by atoms with Crippen LogP contribution in [0.4, 0.5) is 0 Å². The Morgan fingerprint density at radius 3 is 2.35 bits per heavy atom. The number of nitrogens with one attached hydrogen (secondary N) is 1. The minimum Gasteiger partial charge on any atom is -0.383 e. The van der Waals surface area contributed by atoms with Crippen molar-refractivity contribution < 1.29 is 9.53 Å². The Hall–Kier alpha value is -1.39. The molecule has 0 aromatic heterocycles. The number of benzene rings is 1. The molecule has 4 heteroatoms. The third kappa shape index (κ3) is 4.62. The number of likely N-dealkylation sites (N-methyl/N-ethyl adjacent to an activating group) is 1. The van der Waals surface area contributed by atoms with Crippen molar-refractivity contribution in [2.45, 2.75) is 32.9 Å². The van der Waals surface area contributed by atoms with Gasteiger partial charge in [-0.15, -0.1) is 0 Å². The Bertz CT molecular complexity index is 391. The molecule has 0 fully saturated rings. The third-order valence-corrected chi connectivity index (χ3v) is 3.43. The van der Waals surface area contributed by atoms with E-state index in [1.54, 1.807) is 7.11 Å². The average Bonchev–Trinajstić information content (AvgIpc) is 2.48. The lowest BCUT2D eigenvalue weighted by atomic mass is 10.1. The highest BCUT2D eigenvalue weighted by atomic mass is 16.5. The monoisotopic (exact) mass is 278 g/mol. The summed E-state index contributed by atoms with van der Waals surface area (Å²) >= 11 is 0. The summed E-state index contributed by atoms with van der Waals surface area (Å²) in [5.74, 6) is 0.132. The lowest BCUT2D eigenvalue weighted by molar-refractivity contribution is -0.132. The molecule has 4 nitrogen and oxygen atoms in total.